The smallest absolute Gasteiger partial charge is 0.227 e. The molecule has 0 unspecified atom stereocenters. The van der Waals surface area contributed by atoms with Gasteiger partial charge in [0.2, 0.25) is 5.95 Å². The molecule has 1 aromatic heterocycles. The number of anilines is 3. The van der Waals surface area contributed by atoms with Gasteiger partial charge < -0.3 is 15.0 Å². The predicted molar refractivity (Wildman–Crippen MR) is 117 cm³/mol. The first-order chi connectivity index (χ1) is 14.3. The molecule has 0 amide bonds. The number of hydrogen-bond acceptors (Lipinski definition) is 6. The van der Waals surface area contributed by atoms with E-state index in [0.717, 1.165) is 55.9 Å². The second kappa shape index (κ2) is 9.39. The number of rotatable bonds is 7. The first-order valence-electron chi connectivity index (χ1n) is 10.1. The number of aromatic nitrogens is 2. The molecule has 6 nitrogen and oxygen atoms in total. The van der Waals surface area contributed by atoms with E-state index in [1.165, 1.54) is 5.56 Å². The van der Waals surface area contributed by atoms with Crippen LogP contribution in [0.1, 0.15) is 12.5 Å². The Morgan fingerprint density at radius 3 is 2.48 bits per heavy atom. The third kappa shape index (κ3) is 5.03. The fraction of sp³-hybridized carbons (Fsp3) is 0.304. The number of ether oxygens (including phenoxy) is 1. The molecule has 0 radical (unpaired) electrons. The minimum Gasteiger partial charge on any atom is -0.492 e. The maximum absolute atomic E-state index is 5.69. The summed E-state index contributed by atoms with van der Waals surface area (Å²) in [5, 5.41) is 3.37. The van der Waals surface area contributed by atoms with Crippen LogP contribution >= 0.6 is 0 Å². The van der Waals surface area contributed by atoms with Crippen molar-refractivity contribution in [3.05, 3.63) is 72.4 Å². The van der Waals surface area contributed by atoms with Gasteiger partial charge in [0.25, 0.3) is 0 Å². The average Bonchev–Trinajstić information content (AvgIpc) is 2.77. The summed E-state index contributed by atoms with van der Waals surface area (Å²) in [6.45, 7) is 7.45. The summed E-state index contributed by atoms with van der Waals surface area (Å²) in [5.74, 6) is 2.36. The van der Waals surface area contributed by atoms with Gasteiger partial charge in [0.05, 0.1) is 12.3 Å². The second-order valence-electron chi connectivity index (χ2n) is 7.04. The Morgan fingerprint density at radius 2 is 1.69 bits per heavy atom. The van der Waals surface area contributed by atoms with Gasteiger partial charge >= 0.3 is 0 Å². The molecule has 0 aliphatic carbocycles. The molecule has 1 saturated heterocycles. The Morgan fingerprint density at radius 1 is 0.931 bits per heavy atom. The molecule has 1 aliphatic heterocycles. The molecule has 29 heavy (non-hydrogen) atoms. The van der Waals surface area contributed by atoms with E-state index < -0.39 is 0 Å². The number of hydrogen-bond donors (Lipinski definition) is 1. The van der Waals surface area contributed by atoms with Gasteiger partial charge in [-0.25, -0.2) is 4.98 Å². The summed E-state index contributed by atoms with van der Waals surface area (Å²) in [4.78, 5) is 14.0. The SMILES string of the molecule is CCOc1ccccc1Nc1ccnc(N2CCN(Cc3ccccc3)CC2)n1. The normalized spacial score (nSPS) is 14.6. The summed E-state index contributed by atoms with van der Waals surface area (Å²) in [6, 6.07) is 20.4. The lowest BCUT2D eigenvalue weighted by Gasteiger charge is -2.34. The molecule has 0 bridgehead atoms. The zero-order valence-electron chi connectivity index (χ0n) is 16.8. The maximum Gasteiger partial charge on any atom is 0.227 e. The zero-order chi connectivity index (χ0) is 19.9. The van der Waals surface area contributed by atoms with Crippen LogP contribution in [0.3, 0.4) is 0 Å². The number of nitrogens with one attached hydrogen (secondary N) is 1. The van der Waals surface area contributed by atoms with Crippen LogP contribution in [0, 0.1) is 0 Å². The van der Waals surface area contributed by atoms with Crippen molar-refractivity contribution in [2.24, 2.45) is 0 Å². The molecular formula is C23H27N5O. The zero-order valence-corrected chi connectivity index (χ0v) is 16.8. The quantitative estimate of drug-likeness (QED) is 0.661. The van der Waals surface area contributed by atoms with Crippen LogP contribution < -0.4 is 15.0 Å². The Labute approximate surface area is 172 Å². The molecule has 1 N–H and O–H groups in total. The lowest BCUT2D eigenvalue weighted by atomic mass is 10.2. The van der Waals surface area contributed by atoms with E-state index in [2.05, 4.69) is 50.4 Å². The van der Waals surface area contributed by atoms with Crippen molar-refractivity contribution in [1.29, 1.82) is 0 Å². The average molecular weight is 390 g/mol. The molecule has 2 heterocycles. The van der Waals surface area contributed by atoms with Crippen LogP contribution in [-0.2, 0) is 6.54 Å². The molecule has 1 aliphatic rings. The monoisotopic (exact) mass is 389 g/mol. The minimum atomic E-state index is 0.626. The van der Waals surface area contributed by atoms with Crippen LogP contribution in [0.2, 0.25) is 0 Å². The molecule has 2 aromatic carbocycles. The Bertz CT molecular complexity index is 910. The third-order valence-corrected chi connectivity index (χ3v) is 5.00. The van der Waals surface area contributed by atoms with E-state index in [1.54, 1.807) is 0 Å². The first kappa shape index (κ1) is 19.2. The molecule has 0 spiro atoms. The van der Waals surface area contributed by atoms with Crippen molar-refractivity contribution in [2.75, 3.05) is 43.0 Å². The largest absolute Gasteiger partial charge is 0.492 e. The summed E-state index contributed by atoms with van der Waals surface area (Å²) < 4.78 is 5.69. The highest BCUT2D eigenvalue weighted by Gasteiger charge is 2.19. The van der Waals surface area contributed by atoms with Crippen LogP contribution in [0.25, 0.3) is 0 Å². The lowest BCUT2D eigenvalue weighted by molar-refractivity contribution is 0.248. The van der Waals surface area contributed by atoms with Crippen LogP contribution in [-0.4, -0.2) is 47.7 Å². The van der Waals surface area contributed by atoms with Gasteiger partial charge in [-0.05, 0) is 30.7 Å². The molecule has 3 aromatic rings. The highest BCUT2D eigenvalue weighted by Crippen LogP contribution is 2.27. The van der Waals surface area contributed by atoms with Crippen molar-refractivity contribution in [2.45, 2.75) is 13.5 Å². The third-order valence-electron chi connectivity index (χ3n) is 5.00. The molecule has 0 saturated carbocycles. The number of nitrogens with zero attached hydrogens (tertiary/aromatic N) is 4. The highest BCUT2D eigenvalue weighted by molar-refractivity contribution is 5.64. The standard InChI is InChI=1S/C23H27N5O/c1-2-29-21-11-7-6-10-20(21)25-22-12-13-24-23(26-22)28-16-14-27(15-17-28)18-19-8-4-3-5-9-19/h3-13H,2,14-18H2,1H3,(H,24,25,26). The molecule has 0 atom stereocenters. The minimum absolute atomic E-state index is 0.626. The number of piperazine rings is 1. The van der Waals surface area contributed by atoms with Gasteiger partial charge in [-0.15, -0.1) is 0 Å². The van der Waals surface area contributed by atoms with Crippen molar-refractivity contribution in [3.8, 4) is 5.75 Å². The van der Waals surface area contributed by atoms with Crippen LogP contribution in [0.5, 0.6) is 5.75 Å². The van der Waals surface area contributed by atoms with Crippen molar-refractivity contribution < 1.29 is 4.74 Å². The molecule has 1 fully saturated rings. The second-order valence-corrected chi connectivity index (χ2v) is 7.04. The molecule has 6 heteroatoms. The predicted octanol–water partition coefficient (Wildman–Crippen LogP) is 3.94. The van der Waals surface area contributed by atoms with Gasteiger partial charge in [-0.2, -0.15) is 4.98 Å². The summed E-state index contributed by atoms with van der Waals surface area (Å²) in [5.41, 5.74) is 2.27. The van der Waals surface area contributed by atoms with E-state index in [1.807, 2.05) is 43.5 Å². The number of para-hydroxylation sites is 2. The van der Waals surface area contributed by atoms with Crippen LogP contribution in [0.4, 0.5) is 17.5 Å². The molecule has 150 valence electrons. The summed E-state index contributed by atoms with van der Waals surface area (Å²) in [7, 11) is 0. The van der Waals surface area contributed by atoms with Crippen molar-refractivity contribution >= 4 is 17.5 Å². The van der Waals surface area contributed by atoms with Gasteiger partial charge in [-0.1, -0.05) is 42.5 Å². The van der Waals surface area contributed by atoms with Gasteiger partial charge in [0, 0.05) is 38.9 Å². The Balaban J connectivity index is 1.38. The first-order valence-corrected chi connectivity index (χ1v) is 10.1. The van der Waals surface area contributed by atoms with Crippen LogP contribution in [0.15, 0.2) is 66.9 Å². The van der Waals surface area contributed by atoms with Crippen molar-refractivity contribution in [1.82, 2.24) is 14.9 Å². The van der Waals surface area contributed by atoms with Gasteiger partial charge in [0.15, 0.2) is 0 Å². The molecular weight excluding hydrogens is 362 g/mol. The topological polar surface area (TPSA) is 53.5 Å². The van der Waals surface area contributed by atoms with Gasteiger partial charge in [0.1, 0.15) is 11.6 Å². The van der Waals surface area contributed by atoms with E-state index in [0.29, 0.717) is 6.61 Å². The maximum atomic E-state index is 5.69. The fourth-order valence-electron chi connectivity index (χ4n) is 3.51. The summed E-state index contributed by atoms with van der Waals surface area (Å²) >= 11 is 0. The highest BCUT2D eigenvalue weighted by atomic mass is 16.5. The van der Waals surface area contributed by atoms with E-state index in [-0.39, 0.29) is 0 Å². The van der Waals surface area contributed by atoms with E-state index in [4.69, 9.17) is 9.72 Å². The molecule has 4 rings (SSSR count). The number of benzene rings is 2. The van der Waals surface area contributed by atoms with E-state index in [9.17, 15) is 0 Å². The Hall–Kier alpha value is -3.12. The fourth-order valence-corrected chi connectivity index (χ4v) is 3.51. The summed E-state index contributed by atoms with van der Waals surface area (Å²) in [6.07, 6.45) is 1.81. The lowest BCUT2D eigenvalue weighted by Crippen LogP contribution is -2.46. The van der Waals surface area contributed by atoms with Crippen molar-refractivity contribution in [3.63, 3.8) is 0 Å². The van der Waals surface area contributed by atoms with E-state index >= 15 is 0 Å². The van der Waals surface area contributed by atoms with Gasteiger partial charge in [-0.3, -0.25) is 4.90 Å². The Kier molecular flexibility index (Phi) is 6.22.